The van der Waals surface area contributed by atoms with Gasteiger partial charge in [-0.25, -0.2) is 14.4 Å². The van der Waals surface area contributed by atoms with Crippen LogP contribution in [0.1, 0.15) is 35.8 Å². The van der Waals surface area contributed by atoms with Crippen molar-refractivity contribution in [3.05, 3.63) is 47.7 Å². The highest BCUT2D eigenvalue weighted by molar-refractivity contribution is 6.02. The highest BCUT2D eigenvalue weighted by Gasteiger charge is 2.47. The molecule has 0 spiro atoms. The van der Waals surface area contributed by atoms with Gasteiger partial charge < -0.3 is 15.8 Å². The van der Waals surface area contributed by atoms with E-state index in [9.17, 15) is 22.4 Å². The summed E-state index contributed by atoms with van der Waals surface area (Å²) in [5.41, 5.74) is 4.14. The van der Waals surface area contributed by atoms with Gasteiger partial charge in [0.15, 0.2) is 0 Å². The van der Waals surface area contributed by atoms with Gasteiger partial charge in [0.2, 0.25) is 5.88 Å². The molecule has 1 aromatic carbocycles. The Bertz CT molecular complexity index is 978. The summed E-state index contributed by atoms with van der Waals surface area (Å²) in [6, 6.07) is 3.59. The molecule has 1 amide bonds. The fourth-order valence-corrected chi connectivity index (χ4v) is 3.36. The number of rotatable bonds is 4. The average Bonchev–Trinajstić information content (AvgIpc) is 2.68. The van der Waals surface area contributed by atoms with Gasteiger partial charge in [-0.15, -0.1) is 0 Å². The van der Waals surface area contributed by atoms with E-state index in [1.165, 1.54) is 38.6 Å². The Labute approximate surface area is 169 Å². The number of aliphatic imine (C=N–C) groups is 1. The maximum atomic E-state index is 14.6. The van der Waals surface area contributed by atoms with E-state index >= 15 is 0 Å². The molecule has 160 valence electrons. The fraction of sp³-hybridized carbons (Fsp3) is 0.368. The second-order valence-corrected chi connectivity index (χ2v) is 7.12. The first-order valence-corrected chi connectivity index (χ1v) is 8.90. The first-order chi connectivity index (χ1) is 14.0. The van der Waals surface area contributed by atoms with Gasteiger partial charge in [0.05, 0.1) is 36.8 Å². The third-order valence-corrected chi connectivity index (χ3v) is 4.83. The van der Waals surface area contributed by atoms with Crippen LogP contribution < -0.4 is 15.8 Å². The van der Waals surface area contributed by atoms with E-state index < -0.39 is 42.2 Å². The minimum Gasteiger partial charge on any atom is -0.480 e. The lowest BCUT2D eigenvalue weighted by Crippen LogP contribution is -2.40. The quantitative estimate of drug-likeness (QED) is 0.731. The monoisotopic (exact) mass is 425 g/mol. The molecule has 3 N–H and O–H groups in total. The van der Waals surface area contributed by atoms with Crippen LogP contribution >= 0.6 is 0 Å². The van der Waals surface area contributed by atoms with Crippen molar-refractivity contribution in [2.75, 3.05) is 12.4 Å². The van der Waals surface area contributed by atoms with E-state index in [4.69, 9.17) is 10.5 Å². The van der Waals surface area contributed by atoms with Gasteiger partial charge in [-0.05, 0) is 31.5 Å². The molecular weight excluding hydrogens is 406 g/mol. The second kappa shape index (κ2) is 7.88. The van der Waals surface area contributed by atoms with E-state index in [1.54, 1.807) is 0 Å². The number of hydrogen-bond acceptors (Lipinski definition) is 6. The molecule has 30 heavy (non-hydrogen) atoms. The Morgan fingerprint density at radius 1 is 1.30 bits per heavy atom. The lowest BCUT2D eigenvalue weighted by atomic mass is 9.79. The molecule has 0 fully saturated rings. The van der Waals surface area contributed by atoms with Crippen molar-refractivity contribution in [2.45, 2.75) is 31.5 Å². The number of ether oxygens (including phenoxy) is 1. The number of amides is 1. The summed E-state index contributed by atoms with van der Waals surface area (Å²) in [7, 11) is 1.40. The number of aromatic nitrogens is 2. The topological polar surface area (TPSA) is 102 Å². The highest BCUT2D eigenvalue weighted by Crippen LogP contribution is 2.44. The minimum absolute atomic E-state index is 0.0232. The van der Waals surface area contributed by atoms with Crippen molar-refractivity contribution in [3.63, 3.8) is 0 Å². The number of halogens is 4. The number of hydrogen-bond donors (Lipinski definition) is 2. The summed E-state index contributed by atoms with van der Waals surface area (Å²) in [6.07, 6.45) is -2.94. The van der Waals surface area contributed by atoms with Gasteiger partial charge in [-0.1, -0.05) is 0 Å². The van der Waals surface area contributed by atoms with E-state index in [1.807, 2.05) is 0 Å². The number of alkyl halides is 3. The third-order valence-electron chi connectivity index (χ3n) is 4.83. The second-order valence-electron chi connectivity index (χ2n) is 7.12. The zero-order valence-electron chi connectivity index (χ0n) is 16.1. The molecule has 2 atom stereocenters. The van der Waals surface area contributed by atoms with E-state index in [0.29, 0.717) is 0 Å². The van der Waals surface area contributed by atoms with Gasteiger partial charge in [-0.3, -0.25) is 9.79 Å². The third kappa shape index (κ3) is 4.50. The summed E-state index contributed by atoms with van der Waals surface area (Å²) in [5.74, 6) is -3.11. The smallest absolute Gasteiger partial charge is 0.392 e. The molecule has 3 rings (SSSR count). The van der Waals surface area contributed by atoms with Crippen LogP contribution in [0.25, 0.3) is 0 Å². The minimum atomic E-state index is -4.49. The van der Waals surface area contributed by atoms with E-state index in [-0.39, 0.29) is 28.7 Å². The van der Waals surface area contributed by atoms with Gasteiger partial charge in [0.25, 0.3) is 5.91 Å². The summed E-state index contributed by atoms with van der Waals surface area (Å²) in [6.45, 7) is 1.39. The molecule has 2 heterocycles. The number of carbonyl (C=O) groups excluding carboxylic acids is 1. The molecule has 11 heteroatoms. The summed E-state index contributed by atoms with van der Waals surface area (Å²) in [5, 5.41) is 2.52. The molecule has 0 radical (unpaired) electrons. The normalized spacial score (nSPS) is 21.7. The summed E-state index contributed by atoms with van der Waals surface area (Å²) >= 11 is 0. The van der Waals surface area contributed by atoms with Crippen molar-refractivity contribution in [2.24, 2.45) is 16.6 Å². The molecule has 0 aliphatic carbocycles. The predicted octanol–water partition coefficient (Wildman–Crippen LogP) is 3.42. The molecule has 7 nitrogen and oxygen atoms in total. The summed E-state index contributed by atoms with van der Waals surface area (Å²) in [4.78, 5) is 24.2. The number of carbonyl (C=O) groups is 1. The fourth-order valence-electron chi connectivity index (χ4n) is 3.36. The Hall–Kier alpha value is -3.24. The van der Waals surface area contributed by atoms with Crippen LogP contribution in [0.4, 0.5) is 23.2 Å². The van der Waals surface area contributed by atoms with Crippen molar-refractivity contribution < 1.29 is 27.1 Å². The predicted molar refractivity (Wildman–Crippen MR) is 101 cm³/mol. The largest absolute Gasteiger partial charge is 0.480 e. The van der Waals surface area contributed by atoms with Gasteiger partial charge in [0.1, 0.15) is 11.5 Å². The Kier molecular flexibility index (Phi) is 5.64. The number of nitrogens with two attached hydrogens (primary N) is 1. The van der Waals surface area contributed by atoms with E-state index in [0.717, 1.165) is 6.07 Å². The molecule has 1 aliphatic heterocycles. The van der Waals surface area contributed by atoms with Crippen molar-refractivity contribution >= 4 is 17.4 Å². The molecule has 0 bridgehead atoms. The van der Waals surface area contributed by atoms with Gasteiger partial charge in [-0.2, -0.15) is 13.2 Å². The van der Waals surface area contributed by atoms with Crippen LogP contribution in [0.15, 0.2) is 35.6 Å². The van der Waals surface area contributed by atoms with E-state index in [2.05, 4.69) is 20.3 Å². The molecule has 0 saturated heterocycles. The molecule has 1 aromatic heterocycles. The number of amidine groups is 1. The van der Waals surface area contributed by atoms with Crippen molar-refractivity contribution in [1.82, 2.24) is 9.97 Å². The molecule has 0 saturated carbocycles. The van der Waals surface area contributed by atoms with Crippen LogP contribution in [0, 0.1) is 11.7 Å². The maximum Gasteiger partial charge on any atom is 0.392 e. The van der Waals surface area contributed by atoms with Crippen LogP contribution in [-0.2, 0) is 5.54 Å². The number of benzene rings is 1. The van der Waals surface area contributed by atoms with Crippen molar-refractivity contribution in [1.29, 1.82) is 0 Å². The molecule has 2 unspecified atom stereocenters. The SMILES string of the molecule is COc1cnc(C(=O)Nc2ccc(F)c(C3(C)CC(C(F)(F)F)CC(N)=N3)c2)cn1. The highest BCUT2D eigenvalue weighted by atomic mass is 19.4. The van der Waals surface area contributed by atoms with Crippen LogP contribution in [0.5, 0.6) is 5.88 Å². The lowest BCUT2D eigenvalue weighted by molar-refractivity contribution is -0.179. The van der Waals surface area contributed by atoms with Crippen LogP contribution in [0.2, 0.25) is 0 Å². The van der Waals surface area contributed by atoms with Gasteiger partial charge >= 0.3 is 6.18 Å². The number of methoxy groups -OCH3 is 1. The zero-order valence-corrected chi connectivity index (χ0v) is 16.1. The Morgan fingerprint density at radius 2 is 2.03 bits per heavy atom. The first kappa shape index (κ1) is 21.5. The van der Waals surface area contributed by atoms with Crippen LogP contribution in [-0.4, -0.2) is 35.0 Å². The number of anilines is 1. The van der Waals surface area contributed by atoms with Crippen molar-refractivity contribution in [3.8, 4) is 5.88 Å². The number of nitrogens with zero attached hydrogens (tertiary/aromatic N) is 3. The Morgan fingerprint density at radius 3 is 2.63 bits per heavy atom. The molecule has 1 aliphatic rings. The first-order valence-electron chi connectivity index (χ1n) is 8.90. The summed E-state index contributed by atoms with van der Waals surface area (Å²) < 4.78 is 59.3. The number of nitrogens with one attached hydrogen (secondary N) is 1. The lowest BCUT2D eigenvalue weighted by Gasteiger charge is -2.36. The maximum absolute atomic E-state index is 14.6. The van der Waals surface area contributed by atoms with Crippen LogP contribution in [0.3, 0.4) is 0 Å². The molecule has 2 aromatic rings. The zero-order chi connectivity index (χ0) is 22.1. The standard InChI is InChI=1S/C19H19F4N5O2/c1-18(7-10(19(21,22)23)5-15(24)28-18)12-6-11(3-4-13(12)20)27-17(29)14-8-26-16(30-2)9-25-14/h3-4,6,8-10H,5,7H2,1-2H3,(H2,24,28)(H,27,29). The molecular formula is C19H19F4N5O2. The van der Waals surface area contributed by atoms with Gasteiger partial charge in [0, 0.05) is 17.7 Å². The Balaban J connectivity index is 1.89. The average molecular weight is 425 g/mol.